The summed E-state index contributed by atoms with van der Waals surface area (Å²) < 4.78 is 74.2. The number of sulfonamides is 1. The minimum absolute atomic E-state index is 0.0954. The quantitative estimate of drug-likeness (QED) is 0.844. The number of halogens is 2. The van der Waals surface area contributed by atoms with Gasteiger partial charge in [0.05, 0.1) is 16.5 Å². The Morgan fingerprint density at radius 2 is 1.61 bits per heavy atom. The monoisotopic (exact) mass is 358 g/mol. The predicted molar refractivity (Wildman–Crippen MR) is 76.7 cm³/mol. The van der Waals surface area contributed by atoms with Crippen molar-refractivity contribution in [1.29, 1.82) is 5.26 Å². The predicted octanol–water partition coefficient (Wildman–Crippen LogP) is 2.16. The van der Waals surface area contributed by atoms with E-state index < -0.39 is 35.9 Å². The van der Waals surface area contributed by atoms with Gasteiger partial charge in [0.1, 0.15) is 10.7 Å². The summed E-state index contributed by atoms with van der Waals surface area (Å²) in [6, 6.07) is 8.93. The topological polar surface area (TPSA) is 104 Å². The van der Waals surface area contributed by atoms with Crippen molar-refractivity contribution in [2.45, 2.75) is 9.79 Å². The van der Waals surface area contributed by atoms with Crippen LogP contribution in [0.25, 0.3) is 0 Å². The van der Waals surface area contributed by atoms with Crippen LogP contribution >= 0.6 is 0 Å². The Labute approximate surface area is 131 Å². The highest BCUT2D eigenvalue weighted by atomic mass is 32.3. The van der Waals surface area contributed by atoms with Crippen LogP contribution in [0.15, 0.2) is 52.3 Å². The molecule has 0 heterocycles. The van der Waals surface area contributed by atoms with E-state index in [1.54, 1.807) is 0 Å². The molecule has 0 aliphatic heterocycles. The second-order valence-corrected chi connectivity index (χ2v) is 7.32. The van der Waals surface area contributed by atoms with E-state index >= 15 is 0 Å². The Balaban J connectivity index is 2.42. The summed E-state index contributed by atoms with van der Waals surface area (Å²) in [7, 11) is -9.66. The second kappa shape index (κ2) is 5.94. The molecule has 6 nitrogen and oxygen atoms in total. The van der Waals surface area contributed by atoms with Gasteiger partial charge in [-0.2, -0.15) is 13.7 Å². The van der Waals surface area contributed by atoms with Crippen molar-refractivity contribution < 1.29 is 25.1 Å². The SMILES string of the molecule is N#Cc1ccc(NS(=O)(=O)c2ccc(F)c(S(=O)(=O)F)c2)cc1. The van der Waals surface area contributed by atoms with Crippen LogP contribution in [-0.2, 0) is 20.2 Å². The number of nitrogens with one attached hydrogen (secondary N) is 1. The van der Waals surface area contributed by atoms with Crippen molar-refractivity contribution in [3.63, 3.8) is 0 Å². The summed E-state index contributed by atoms with van der Waals surface area (Å²) in [5, 5.41) is 8.66. The molecular weight excluding hydrogens is 350 g/mol. The first-order valence-electron chi connectivity index (χ1n) is 5.91. The van der Waals surface area contributed by atoms with Crippen molar-refractivity contribution in [3.05, 3.63) is 53.8 Å². The molecule has 0 atom stereocenters. The lowest BCUT2D eigenvalue weighted by atomic mass is 10.2. The van der Waals surface area contributed by atoms with Gasteiger partial charge in [-0.15, -0.1) is 3.89 Å². The summed E-state index contributed by atoms with van der Waals surface area (Å²) in [6.45, 7) is 0. The largest absolute Gasteiger partial charge is 0.335 e. The third-order valence-electron chi connectivity index (χ3n) is 2.74. The lowest BCUT2D eigenvalue weighted by molar-refractivity contribution is 0.532. The zero-order valence-corrected chi connectivity index (χ0v) is 12.8. The maximum Gasteiger partial charge on any atom is 0.335 e. The molecule has 120 valence electrons. The van der Waals surface area contributed by atoms with E-state index in [0.717, 1.165) is 6.07 Å². The molecule has 2 rings (SSSR count). The van der Waals surface area contributed by atoms with E-state index in [9.17, 15) is 25.1 Å². The standard InChI is InChI=1S/C13H8F2N2O4S2/c14-12-6-5-11(7-13(12)22(15,18)19)23(20,21)17-10-3-1-9(8-16)2-4-10/h1-7,17H. The molecule has 10 heteroatoms. The van der Waals surface area contributed by atoms with Crippen LogP contribution in [0.2, 0.25) is 0 Å². The second-order valence-electron chi connectivity index (χ2n) is 4.32. The number of nitrogens with zero attached hydrogens (tertiary/aromatic N) is 1. The van der Waals surface area contributed by atoms with Gasteiger partial charge in [-0.05, 0) is 42.5 Å². The van der Waals surface area contributed by atoms with E-state index in [4.69, 9.17) is 5.26 Å². The van der Waals surface area contributed by atoms with Gasteiger partial charge in [-0.25, -0.2) is 12.8 Å². The molecule has 23 heavy (non-hydrogen) atoms. The molecule has 0 unspecified atom stereocenters. The zero-order valence-electron chi connectivity index (χ0n) is 11.2. The van der Waals surface area contributed by atoms with Crippen LogP contribution in [0, 0.1) is 17.1 Å². The fourth-order valence-corrected chi connectivity index (χ4v) is 3.39. The maximum absolute atomic E-state index is 13.3. The number of rotatable bonds is 4. The van der Waals surface area contributed by atoms with Gasteiger partial charge in [-0.1, -0.05) is 0 Å². The van der Waals surface area contributed by atoms with Gasteiger partial charge in [0.2, 0.25) is 0 Å². The van der Waals surface area contributed by atoms with E-state index in [-0.39, 0.29) is 5.69 Å². The number of nitriles is 1. The lowest BCUT2D eigenvalue weighted by Gasteiger charge is -2.09. The van der Waals surface area contributed by atoms with E-state index in [2.05, 4.69) is 4.72 Å². The normalized spacial score (nSPS) is 11.7. The maximum atomic E-state index is 13.3. The average Bonchev–Trinajstić information content (AvgIpc) is 2.46. The van der Waals surface area contributed by atoms with E-state index in [1.165, 1.54) is 24.3 Å². The first-order chi connectivity index (χ1) is 10.6. The third-order valence-corrected chi connectivity index (χ3v) is 4.96. The minimum atomic E-state index is -5.40. The molecule has 0 radical (unpaired) electrons. The average molecular weight is 358 g/mol. The van der Waals surface area contributed by atoms with Crippen molar-refractivity contribution in [2.75, 3.05) is 4.72 Å². The fraction of sp³-hybridized carbons (Fsp3) is 0. The minimum Gasteiger partial charge on any atom is -0.280 e. The van der Waals surface area contributed by atoms with Gasteiger partial charge in [-0.3, -0.25) is 4.72 Å². The first kappa shape index (κ1) is 16.9. The number of benzene rings is 2. The first-order valence-corrected chi connectivity index (χ1v) is 8.77. The number of hydrogen-bond acceptors (Lipinski definition) is 5. The van der Waals surface area contributed by atoms with Crippen LogP contribution < -0.4 is 4.72 Å². The van der Waals surface area contributed by atoms with Crippen molar-refractivity contribution >= 4 is 25.9 Å². The third kappa shape index (κ3) is 3.82. The van der Waals surface area contributed by atoms with Crippen LogP contribution in [0.5, 0.6) is 0 Å². The molecule has 0 saturated carbocycles. The fourth-order valence-electron chi connectivity index (χ4n) is 1.66. The van der Waals surface area contributed by atoms with Gasteiger partial charge in [0, 0.05) is 5.69 Å². The van der Waals surface area contributed by atoms with Crippen LogP contribution in [0.1, 0.15) is 5.56 Å². The molecule has 0 spiro atoms. The zero-order chi connectivity index (χ0) is 17.3. The Bertz CT molecular complexity index is 995. The highest BCUT2D eigenvalue weighted by molar-refractivity contribution is 7.92. The lowest BCUT2D eigenvalue weighted by Crippen LogP contribution is -2.14. The van der Waals surface area contributed by atoms with Gasteiger partial charge in [0.25, 0.3) is 10.0 Å². The summed E-state index contributed by atoms with van der Waals surface area (Å²) in [5.41, 5.74) is 0.401. The molecule has 0 aromatic heterocycles. The molecule has 2 aromatic carbocycles. The van der Waals surface area contributed by atoms with Gasteiger partial charge in [0.15, 0.2) is 0 Å². The molecule has 0 saturated heterocycles. The highest BCUT2D eigenvalue weighted by Crippen LogP contribution is 2.23. The molecule has 0 aliphatic rings. The van der Waals surface area contributed by atoms with Crippen LogP contribution in [0.4, 0.5) is 14.0 Å². The molecule has 1 N–H and O–H groups in total. The molecule has 0 amide bonds. The van der Waals surface area contributed by atoms with Crippen molar-refractivity contribution in [1.82, 2.24) is 0 Å². The molecular formula is C13H8F2N2O4S2. The van der Waals surface area contributed by atoms with Gasteiger partial charge < -0.3 is 0 Å². The van der Waals surface area contributed by atoms with Crippen LogP contribution in [0.3, 0.4) is 0 Å². The molecule has 0 aliphatic carbocycles. The summed E-state index contributed by atoms with van der Waals surface area (Å²) >= 11 is 0. The Morgan fingerprint density at radius 1 is 1.00 bits per heavy atom. The summed E-state index contributed by atoms with van der Waals surface area (Å²) in [4.78, 5) is -1.99. The molecule has 0 bridgehead atoms. The smallest absolute Gasteiger partial charge is 0.280 e. The summed E-state index contributed by atoms with van der Waals surface area (Å²) in [5.74, 6) is -1.40. The number of anilines is 1. The highest BCUT2D eigenvalue weighted by Gasteiger charge is 2.23. The molecule has 2 aromatic rings. The van der Waals surface area contributed by atoms with Crippen molar-refractivity contribution in [2.24, 2.45) is 0 Å². The summed E-state index contributed by atoms with van der Waals surface area (Å²) in [6.07, 6.45) is 0. The van der Waals surface area contributed by atoms with Crippen molar-refractivity contribution in [3.8, 4) is 6.07 Å². The molecule has 0 fully saturated rings. The van der Waals surface area contributed by atoms with E-state index in [0.29, 0.717) is 17.7 Å². The van der Waals surface area contributed by atoms with Crippen LogP contribution in [-0.4, -0.2) is 16.8 Å². The Morgan fingerprint density at radius 3 is 2.13 bits per heavy atom. The number of hydrogen-bond donors (Lipinski definition) is 1. The van der Waals surface area contributed by atoms with E-state index in [1.807, 2.05) is 6.07 Å². The Hall–Kier alpha value is -2.51. The Kier molecular flexibility index (Phi) is 4.35. The van der Waals surface area contributed by atoms with Gasteiger partial charge >= 0.3 is 10.2 Å².